The molecule has 11 aromatic rings. The van der Waals surface area contributed by atoms with Crippen LogP contribution < -0.4 is 0 Å². The molecule has 3 heterocycles. The lowest BCUT2D eigenvalue weighted by atomic mass is 10.0. The molecule has 8 aromatic carbocycles. The summed E-state index contributed by atoms with van der Waals surface area (Å²) in [5, 5.41) is 4.98. The fraction of sp³-hybridized carbons (Fsp3) is 0. The van der Waals surface area contributed by atoms with Gasteiger partial charge in [-0.05, 0) is 58.7 Å². The summed E-state index contributed by atoms with van der Waals surface area (Å²) in [6.07, 6.45) is 0. The Morgan fingerprint density at radius 3 is 1.36 bits per heavy atom. The van der Waals surface area contributed by atoms with Gasteiger partial charge < -0.3 is 4.57 Å². The van der Waals surface area contributed by atoms with E-state index in [1.54, 1.807) is 0 Å². The second-order valence-corrected chi connectivity index (χ2v) is 15.1. The summed E-state index contributed by atoms with van der Waals surface area (Å²) in [6, 6.07) is 68.8. The zero-order valence-electron chi connectivity index (χ0n) is 30.2. The van der Waals surface area contributed by atoms with Gasteiger partial charge in [0.05, 0.1) is 11.0 Å². The van der Waals surface area contributed by atoms with Gasteiger partial charge in [0.1, 0.15) is 0 Å². The summed E-state index contributed by atoms with van der Waals surface area (Å²) < 4.78 is 4.85. The van der Waals surface area contributed by atoms with Crippen molar-refractivity contribution >= 4 is 53.3 Å². The predicted octanol–water partition coefficient (Wildman–Crippen LogP) is 13.7. The van der Waals surface area contributed by atoms with Crippen molar-refractivity contribution in [3.8, 4) is 62.1 Å². The Bertz CT molecular complexity index is 3160. The highest BCUT2D eigenvalue weighted by Gasteiger charge is 2.16. The molecule has 5 heteroatoms. The maximum Gasteiger partial charge on any atom is 0.164 e. The molecular weight excluding hydrogens is 701 g/mol. The van der Waals surface area contributed by atoms with E-state index in [0.29, 0.717) is 17.5 Å². The lowest BCUT2D eigenvalue weighted by Gasteiger charge is -2.10. The van der Waals surface area contributed by atoms with Crippen LogP contribution in [0.1, 0.15) is 0 Å². The summed E-state index contributed by atoms with van der Waals surface area (Å²) >= 11 is 1.81. The minimum absolute atomic E-state index is 0.663. The minimum Gasteiger partial charge on any atom is -0.309 e. The monoisotopic (exact) mass is 732 g/mol. The summed E-state index contributed by atoms with van der Waals surface area (Å²) in [5.41, 5.74) is 11.2. The summed E-state index contributed by atoms with van der Waals surface area (Å²) in [7, 11) is 0. The maximum atomic E-state index is 4.98. The van der Waals surface area contributed by atoms with Crippen molar-refractivity contribution in [3.63, 3.8) is 0 Å². The molecule has 0 unspecified atom stereocenters. The third-order valence-corrected chi connectivity index (χ3v) is 11.8. The van der Waals surface area contributed by atoms with Crippen molar-refractivity contribution in [2.45, 2.75) is 0 Å². The standard InChI is InChI=1S/C51H32N4S/c1-4-12-33(13-5-1)34-20-25-40(26-21-34)55-45-19-11-10-18-41(45)42-27-22-37(30-46(42)55)38-23-28-43-44-29-24-39(32-48(44)56-47(43)31-38)51-53-49(35-14-6-2-7-15-35)52-50(54-51)36-16-8-3-9-17-36/h1-32H. The van der Waals surface area contributed by atoms with E-state index >= 15 is 0 Å². The fourth-order valence-corrected chi connectivity index (χ4v) is 9.08. The number of thiophene rings is 1. The molecule has 0 aliphatic carbocycles. The predicted molar refractivity (Wildman–Crippen MR) is 234 cm³/mol. The number of nitrogens with zero attached hydrogens (tertiary/aromatic N) is 4. The Balaban J connectivity index is 0.995. The molecule has 3 aromatic heterocycles. The van der Waals surface area contributed by atoms with E-state index < -0.39 is 0 Å². The van der Waals surface area contributed by atoms with E-state index in [0.717, 1.165) is 22.4 Å². The number of para-hydroxylation sites is 1. The number of rotatable bonds is 6. The van der Waals surface area contributed by atoms with Crippen molar-refractivity contribution in [1.29, 1.82) is 0 Å². The molecule has 0 saturated heterocycles. The number of fused-ring (bicyclic) bond motifs is 6. The van der Waals surface area contributed by atoms with Crippen LogP contribution in [0.25, 0.3) is 104 Å². The van der Waals surface area contributed by atoms with Crippen LogP contribution in [0.2, 0.25) is 0 Å². The second-order valence-electron chi connectivity index (χ2n) is 14.1. The molecule has 0 atom stereocenters. The van der Waals surface area contributed by atoms with E-state index in [2.05, 4.69) is 138 Å². The van der Waals surface area contributed by atoms with E-state index in [9.17, 15) is 0 Å². The van der Waals surface area contributed by atoms with Crippen molar-refractivity contribution in [2.24, 2.45) is 0 Å². The average Bonchev–Trinajstić information content (AvgIpc) is 3.81. The van der Waals surface area contributed by atoms with Gasteiger partial charge in [-0.15, -0.1) is 11.3 Å². The normalized spacial score (nSPS) is 11.6. The molecule has 0 amide bonds. The van der Waals surface area contributed by atoms with Crippen molar-refractivity contribution in [3.05, 3.63) is 194 Å². The first-order chi connectivity index (χ1) is 27.7. The van der Waals surface area contributed by atoms with Crippen molar-refractivity contribution in [1.82, 2.24) is 19.5 Å². The lowest BCUT2D eigenvalue weighted by Crippen LogP contribution is -1.99. The van der Waals surface area contributed by atoms with E-state index in [1.807, 2.05) is 72.0 Å². The molecule has 0 saturated carbocycles. The largest absolute Gasteiger partial charge is 0.309 e. The van der Waals surface area contributed by atoms with E-state index in [1.165, 1.54) is 64.2 Å². The van der Waals surface area contributed by atoms with Gasteiger partial charge in [-0.25, -0.2) is 15.0 Å². The SMILES string of the molecule is c1ccc(-c2ccc(-n3c4ccccc4c4ccc(-c5ccc6c(c5)sc5cc(-c7nc(-c8ccccc8)nc(-c8ccccc8)n7)ccc56)cc43)cc2)cc1. The quantitative estimate of drug-likeness (QED) is 0.171. The summed E-state index contributed by atoms with van der Waals surface area (Å²) in [5.74, 6) is 1.99. The third kappa shape index (κ3) is 5.56. The molecule has 0 radical (unpaired) electrons. The fourth-order valence-electron chi connectivity index (χ4n) is 7.90. The first kappa shape index (κ1) is 32.2. The highest BCUT2D eigenvalue weighted by Crippen LogP contribution is 2.40. The molecule has 0 bridgehead atoms. The zero-order valence-corrected chi connectivity index (χ0v) is 31.0. The van der Waals surface area contributed by atoms with Crippen molar-refractivity contribution in [2.75, 3.05) is 0 Å². The Hall–Kier alpha value is -7.21. The van der Waals surface area contributed by atoms with Gasteiger partial charge in [-0.2, -0.15) is 0 Å². The van der Waals surface area contributed by atoms with E-state index in [-0.39, 0.29) is 0 Å². The van der Waals surface area contributed by atoms with Gasteiger partial charge >= 0.3 is 0 Å². The number of hydrogen-bond donors (Lipinski definition) is 0. The van der Waals surface area contributed by atoms with Gasteiger partial charge in [0, 0.05) is 53.3 Å². The van der Waals surface area contributed by atoms with Crippen LogP contribution in [0.5, 0.6) is 0 Å². The first-order valence-electron chi connectivity index (χ1n) is 18.8. The Morgan fingerprint density at radius 2 is 0.732 bits per heavy atom. The van der Waals surface area contributed by atoms with Gasteiger partial charge in [-0.3, -0.25) is 0 Å². The Morgan fingerprint density at radius 1 is 0.304 bits per heavy atom. The molecule has 56 heavy (non-hydrogen) atoms. The molecule has 0 spiro atoms. The number of hydrogen-bond acceptors (Lipinski definition) is 4. The highest BCUT2D eigenvalue weighted by molar-refractivity contribution is 7.25. The maximum absolute atomic E-state index is 4.98. The molecule has 262 valence electrons. The third-order valence-electron chi connectivity index (χ3n) is 10.7. The molecule has 11 rings (SSSR count). The number of aromatic nitrogens is 4. The highest BCUT2D eigenvalue weighted by atomic mass is 32.1. The van der Waals surface area contributed by atoms with Gasteiger partial charge in [-0.1, -0.05) is 158 Å². The number of benzene rings is 8. The van der Waals surface area contributed by atoms with Crippen LogP contribution in [0.3, 0.4) is 0 Å². The average molecular weight is 733 g/mol. The van der Waals surface area contributed by atoms with Crippen molar-refractivity contribution < 1.29 is 0 Å². The molecule has 0 aliphatic rings. The Kier molecular flexibility index (Phi) is 7.64. The summed E-state index contributed by atoms with van der Waals surface area (Å²) in [4.78, 5) is 14.8. The molecule has 4 nitrogen and oxygen atoms in total. The zero-order chi connectivity index (χ0) is 37.0. The Labute approximate surface area is 327 Å². The molecular formula is C51H32N4S. The first-order valence-corrected chi connectivity index (χ1v) is 19.6. The van der Waals surface area contributed by atoms with Crippen LogP contribution in [-0.2, 0) is 0 Å². The topological polar surface area (TPSA) is 43.6 Å². The molecule has 0 fully saturated rings. The second kappa shape index (κ2) is 13.3. The van der Waals surface area contributed by atoms with Gasteiger partial charge in [0.25, 0.3) is 0 Å². The van der Waals surface area contributed by atoms with Crippen LogP contribution in [-0.4, -0.2) is 19.5 Å². The lowest BCUT2D eigenvalue weighted by molar-refractivity contribution is 1.07. The van der Waals surface area contributed by atoms with Crippen LogP contribution in [0.4, 0.5) is 0 Å². The minimum atomic E-state index is 0.663. The summed E-state index contributed by atoms with van der Waals surface area (Å²) in [6.45, 7) is 0. The van der Waals surface area contributed by atoms with Crippen LogP contribution in [0.15, 0.2) is 194 Å². The van der Waals surface area contributed by atoms with E-state index in [4.69, 9.17) is 15.0 Å². The van der Waals surface area contributed by atoms with Crippen LogP contribution >= 0.6 is 11.3 Å². The molecule has 0 aliphatic heterocycles. The molecule has 0 N–H and O–H groups in total. The van der Waals surface area contributed by atoms with Gasteiger partial charge in [0.2, 0.25) is 0 Å². The van der Waals surface area contributed by atoms with Gasteiger partial charge in [0.15, 0.2) is 17.5 Å². The smallest absolute Gasteiger partial charge is 0.164 e. The van der Waals surface area contributed by atoms with Crippen LogP contribution in [0, 0.1) is 0 Å².